The predicted molar refractivity (Wildman–Crippen MR) is 58.2 cm³/mol. The molecule has 0 saturated heterocycles. The first kappa shape index (κ1) is 10.2. The van der Waals surface area contributed by atoms with E-state index in [0.29, 0.717) is 12.1 Å². The topological polar surface area (TPSA) is 39.2 Å². The minimum absolute atomic E-state index is 0.242. The summed E-state index contributed by atoms with van der Waals surface area (Å²) in [6.45, 7) is 4.45. The lowest BCUT2D eigenvalue weighted by Crippen LogP contribution is -1.99. The fraction of sp³-hybridized carbons (Fsp3) is 0.333. The van der Waals surface area contributed by atoms with Crippen LogP contribution in [0.5, 0.6) is 0 Å². The van der Waals surface area contributed by atoms with Gasteiger partial charge in [-0.2, -0.15) is 0 Å². The fourth-order valence-corrected chi connectivity index (χ4v) is 1.92. The third-order valence-corrected chi connectivity index (χ3v) is 2.53. The highest BCUT2D eigenvalue weighted by atomic mass is 19.1. The Balaban J connectivity index is 2.76. The highest BCUT2D eigenvalue weighted by Crippen LogP contribution is 2.31. The van der Waals surface area contributed by atoms with Gasteiger partial charge in [0.25, 0.3) is 0 Å². The molecule has 0 spiro atoms. The summed E-state index contributed by atoms with van der Waals surface area (Å²) in [5.74, 6) is 0.797. The standard InChI is InChI=1S/C12H14FNO/c1-7(2)12-9-5-8(13)3-4-10(9)15-11(12)6-14/h3-5,7H,6,14H2,1-2H3. The van der Waals surface area contributed by atoms with Crippen molar-refractivity contribution in [3.05, 3.63) is 35.3 Å². The molecule has 0 atom stereocenters. The molecular formula is C12H14FNO. The molecule has 80 valence electrons. The highest BCUT2D eigenvalue weighted by molar-refractivity contribution is 5.82. The average Bonchev–Trinajstić information content (AvgIpc) is 2.55. The molecule has 1 aromatic carbocycles. The van der Waals surface area contributed by atoms with Gasteiger partial charge in [-0.15, -0.1) is 0 Å². The molecule has 0 unspecified atom stereocenters. The number of nitrogens with two attached hydrogens (primary N) is 1. The second-order valence-electron chi connectivity index (χ2n) is 3.94. The summed E-state index contributed by atoms with van der Waals surface area (Å²) >= 11 is 0. The van der Waals surface area contributed by atoms with E-state index < -0.39 is 0 Å². The number of hydrogen-bond acceptors (Lipinski definition) is 2. The van der Waals surface area contributed by atoms with Gasteiger partial charge in [0, 0.05) is 10.9 Å². The van der Waals surface area contributed by atoms with E-state index in [2.05, 4.69) is 0 Å². The molecule has 2 aromatic rings. The van der Waals surface area contributed by atoms with Crippen LogP contribution in [0.2, 0.25) is 0 Å². The lowest BCUT2D eigenvalue weighted by molar-refractivity contribution is 0.541. The van der Waals surface area contributed by atoms with Gasteiger partial charge in [-0.25, -0.2) is 4.39 Å². The van der Waals surface area contributed by atoms with Crippen LogP contribution in [0.4, 0.5) is 4.39 Å². The van der Waals surface area contributed by atoms with Gasteiger partial charge in [-0.3, -0.25) is 0 Å². The van der Waals surface area contributed by atoms with Crippen molar-refractivity contribution in [2.24, 2.45) is 5.73 Å². The van der Waals surface area contributed by atoms with Crippen molar-refractivity contribution in [2.75, 3.05) is 0 Å². The largest absolute Gasteiger partial charge is 0.459 e. The minimum Gasteiger partial charge on any atom is -0.459 e. The second kappa shape index (κ2) is 3.66. The van der Waals surface area contributed by atoms with Gasteiger partial charge in [-0.05, 0) is 24.1 Å². The smallest absolute Gasteiger partial charge is 0.134 e. The molecule has 0 fully saturated rings. The van der Waals surface area contributed by atoms with E-state index in [9.17, 15) is 4.39 Å². The summed E-state index contributed by atoms with van der Waals surface area (Å²) < 4.78 is 18.7. The zero-order valence-electron chi connectivity index (χ0n) is 8.88. The van der Waals surface area contributed by atoms with E-state index in [4.69, 9.17) is 10.2 Å². The summed E-state index contributed by atoms with van der Waals surface area (Å²) in [6, 6.07) is 4.55. The van der Waals surface area contributed by atoms with Crippen LogP contribution in [0.15, 0.2) is 22.6 Å². The first-order chi connectivity index (χ1) is 7.13. The first-order valence-corrected chi connectivity index (χ1v) is 5.04. The van der Waals surface area contributed by atoms with Crippen molar-refractivity contribution < 1.29 is 8.81 Å². The zero-order valence-corrected chi connectivity index (χ0v) is 8.88. The van der Waals surface area contributed by atoms with Crippen LogP contribution in [0.25, 0.3) is 11.0 Å². The number of halogens is 1. The van der Waals surface area contributed by atoms with Crippen LogP contribution in [0.1, 0.15) is 31.1 Å². The van der Waals surface area contributed by atoms with E-state index in [1.807, 2.05) is 13.8 Å². The van der Waals surface area contributed by atoms with Crippen LogP contribution in [0.3, 0.4) is 0 Å². The Bertz CT molecular complexity index is 488. The maximum absolute atomic E-state index is 13.1. The maximum atomic E-state index is 13.1. The monoisotopic (exact) mass is 207 g/mol. The van der Waals surface area contributed by atoms with E-state index in [1.165, 1.54) is 12.1 Å². The molecule has 0 aliphatic carbocycles. The average molecular weight is 207 g/mol. The van der Waals surface area contributed by atoms with Gasteiger partial charge in [0.05, 0.1) is 6.54 Å². The Labute approximate surface area is 87.9 Å². The highest BCUT2D eigenvalue weighted by Gasteiger charge is 2.16. The maximum Gasteiger partial charge on any atom is 0.134 e. The summed E-state index contributed by atoms with van der Waals surface area (Å²) in [5.41, 5.74) is 7.33. The second-order valence-corrected chi connectivity index (χ2v) is 3.94. The molecule has 0 aliphatic rings. The van der Waals surface area contributed by atoms with Crippen molar-refractivity contribution in [1.82, 2.24) is 0 Å². The Morgan fingerprint density at radius 1 is 1.40 bits per heavy atom. The van der Waals surface area contributed by atoms with E-state index in [1.54, 1.807) is 6.07 Å². The SMILES string of the molecule is CC(C)c1c(CN)oc2ccc(F)cc12. The van der Waals surface area contributed by atoms with Crippen LogP contribution >= 0.6 is 0 Å². The summed E-state index contributed by atoms with van der Waals surface area (Å²) in [5, 5.41) is 0.838. The molecule has 1 heterocycles. The molecule has 0 bridgehead atoms. The molecule has 0 saturated carbocycles. The molecule has 1 aromatic heterocycles. The predicted octanol–water partition coefficient (Wildman–Crippen LogP) is 3.15. The van der Waals surface area contributed by atoms with Gasteiger partial charge in [0.1, 0.15) is 17.2 Å². The van der Waals surface area contributed by atoms with Crippen LogP contribution in [-0.4, -0.2) is 0 Å². The first-order valence-electron chi connectivity index (χ1n) is 5.04. The Hall–Kier alpha value is -1.35. The van der Waals surface area contributed by atoms with Crippen molar-refractivity contribution in [1.29, 1.82) is 0 Å². The normalized spacial score (nSPS) is 11.5. The third-order valence-electron chi connectivity index (χ3n) is 2.53. The number of benzene rings is 1. The van der Waals surface area contributed by atoms with Crippen molar-refractivity contribution in [3.63, 3.8) is 0 Å². The molecule has 0 amide bonds. The number of furan rings is 1. The van der Waals surface area contributed by atoms with Crippen LogP contribution in [-0.2, 0) is 6.54 Å². The molecular weight excluding hydrogens is 193 g/mol. The lowest BCUT2D eigenvalue weighted by Gasteiger charge is -2.04. The summed E-state index contributed by atoms with van der Waals surface area (Å²) in [4.78, 5) is 0. The molecule has 2 N–H and O–H groups in total. The van der Waals surface area contributed by atoms with E-state index in [-0.39, 0.29) is 11.7 Å². The Morgan fingerprint density at radius 3 is 2.73 bits per heavy atom. The summed E-state index contributed by atoms with van der Waals surface area (Å²) in [6.07, 6.45) is 0. The van der Waals surface area contributed by atoms with Gasteiger partial charge >= 0.3 is 0 Å². The zero-order chi connectivity index (χ0) is 11.0. The van der Waals surface area contributed by atoms with Crippen LogP contribution < -0.4 is 5.73 Å². The quantitative estimate of drug-likeness (QED) is 0.821. The van der Waals surface area contributed by atoms with E-state index in [0.717, 1.165) is 16.7 Å². The Kier molecular flexibility index (Phi) is 2.49. The molecule has 2 rings (SSSR count). The number of rotatable bonds is 2. The van der Waals surface area contributed by atoms with Gasteiger partial charge in [0.15, 0.2) is 0 Å². The van der Waals surface area contributed by atoms with Crippen molar-refractivity contribution in [2.45, 2.75) is 26.3 Å². The fourth-order valence-electron chi connectivity index (χ4n) is 1.92. The van der Waals surface area contributed by atoms with Crippen molar-refractivity contribution in [3.8, 4) is 0 Å². The lowest BCUT2D eigenvalue weighted by atomic mass is 9.99. The molecule has 0 radical (unpaired) electrons. The number of fused-ring (bicyclic) bond motifs is 1. The summed E-state index contributed by atoms with van der Waals surface area (Å²) in [7, 11) is 0. The van der Waals surface area contributed by atoms with Crippen molar-refractivity contribution >= 4 is 11.0 Å². The third kappa shape index (κ3) is 1.63. The Morgan fingerprint density at radius 2 is 2.13 bits per heavy atom. The van der Waals surface area contributed by atoms with E-state index >= 15 is 0 Å². The molecule has 0 aliphatic heterocycles. The van der Waals surface area contributed by atoms with Gasteiger partial charge in [0.2, 0.25) is 0 Å². The van der Waals surface area contributed by atoms with Gasteiger partial charge in [-0.1, -0.05) is 13.8 Å². The molecule has 15 heavy (non-hydrogen) atoms. The minimum atomic E-state index is -0.242. The molecule has 2 nitrogen and oxygen atoms in total. The van der Waals surface area contributed by atoms with Crippen LogP contribution in [0, 0.1) is 5.82 Å². The molecule has 3 heteroatoms. The number of hydrogen-bond donors (Lipinski definition) is 1. The van der Waals surface area contributed by atoms with Gasteiger partial charge < -0.3 is 10.2 Å².